The number of carbonyl (C=O) groups excluding carboxylic acids is 1. The number of hydrogen-bond donors (Lipinski definition) is 2. The lowest BCUT2D eigenvalue weighted by atomic mass is 9.88. The number of aliphatic hydroxyl groups excluding tert-OH is 1. The molecule has 3 rings (SSSR count). The maximum atomic E-state index is 12.1. The van der Waals surface area contributed by atoms with Gasteiger partial charge in [-0.3, -0.25) is 4.79 Å². The normalized spacial score (nSPS) is 14.6. The molecular weight excluding hydrogens is 304 g/mol. The first-order valence-electron chi connectivity index (χ1n) is 8.41. The lowest BCUT2D eigenvalue weighted by Gasteiger charge is -2.20. The van der Waals surface area contributed by atoms with E-state index >= 15 is 0 Å². The average molecular weight is 330 g/mol. The second kappa shape index (κ2) is 9.17. The molecule has 1 saturated carbocycles. The minimum absolute atomic E-state index is 0.187. The van der Waals surface area contributed by atoms with E-state index in [2.05, 4.69) is 15.4 Å². The largest absolute Gasteiger partial charge is 0.400 e. The molecule has 0 radical (unpaired) electrons. The van der Waals surface area contributed by atoms with Gasteiger partial charge in [-0.2, -0.15) is 5.10 Å². The van der Waals surface area contributed by atoms with Crippen molar-refractivity contribution in [2.24, 2.45) is 5.92 Å². The lowest BCUT2D eigenvalue weighted by Crippen LogP contribution is -2.31. The van der Waals surface area contributed by atoms with E-state index in [1.165, 1.54) is 19.3 Å². The third-order valence-corrected chi connectivity index (χ3v) is 4.20. The van der Waals surface area contributed by atoms with E-state index in [1.807, 2.05) is 25.3 Å². The zero-order chi connectivity index (χ0) is 17.4. The number of nitrogens with zero attached hydrogens (tertiary/aromatic N) is 3. The molecule has 0 spiro atoms. The molecule has 1 aliphatic rings. The molecule has 130 valence electrons. The molecule has 0 bridgehead atoms. The molecule has 0 unspecified atom stereocenters. The van der Waals surface area contributed by atoms with Crippen molar-refractivity contribution >= 4 is 5.91 Å². The zero-order valence-corrected chi connectivity index (χ0v) is 14.4. The number of amides is 1. The molecule has 6 nitrogen and oxygen atoms in total. The predicted molar refractivity (Wildman–Crippen MR) is 92.7 cm³/mol. The van der Waals surface area contributed by atoms with Crippen LogP contribution in [0.15, 0.2) is 30.7 Å². The molecule has 0 aromatic carbocycles. The van der Waals surface area contributed by atoms with Gasteiger partial charge in [0.05, 0.1) is 6.20 Å². The number of aliphatic hydroxyl groups is 1. The summed E-state index contributed by atoms with van der Waals surface area (Å²) in [6, 6.07) is 3.91. The van der Waals surface area contributed by atoms with Gasteiger partial charge >= 0.3 is 0 Å². The van der Waals surface area contributed by atoms with Gasteiger partial charge in [-0.1, -0.05) is 25.3 Å². The lowest BCUT2D eigenvalue weighted by molar-refractivity contribution is -0.126. The SMILES string of the molecule is CO.Cc1cnn(-c2ccc(CNC(=O)C3CCCCC3)cn2)c1. The van der Waals surface area contributed by atoms with Crippen LogP contribution in [0.5, 0.6) is 0 Å². The Kier molecular flexibility index (Phi) is 6.93. The molecular formula is C18H26N4O2. The van der Waals surface area contributed by atoms with Gasteiger partial charge in [-0.15, -0.1) is 0 Å². The number of carbonyl (C=O) groups is 1. The Hall–Kier alpha value is -2.21. The summed E-state index contributed by atoms with van der Waals surface area (Å²) < 4.78 is 1.75. The van der Waals surface area contributed by atoms with Gasteiger partial charge in [-0.05, 0) is 37.0 Å². The summed E-state index contributed by atoms with van der Waals surface area (Å²) in [4.78, 5) is 16.5. The summed E-state index contributed by atoms with van der Waals surface area (Å²) in [7, 11) is 1.00. The minimum Gasteiger partial charge on any atom is -0.400 e. The monoisotopic (exact) mass is 330 g/mol. The van der Waals surface area contributed by atoms with Crippen LogP contribution in [0.2, 0.25) is 0 Å². The quantitative estimate of drug-likeness (QED) is 0.902. The van der Waals surface area contributed by atoms with E-state index in [1.54, 1.807) is 17.1 Å². The third kappa shape index (κ3) is 4.89. The first kappa shape index (κ1) is 18.1. The molecule has 0 saturated heterocycles. The highest BCUT2D eigenvalue weighted by Crippen LogP contribution is 2.23. The van der Waals surface area contributed by atoms with Crippen molar-refractivity contribution in [2.75, 3.05) is 7.11 Å². The number of rotatable bonds is 4. The van der Waals surface area contributed by atoms with Gasteiger partial charge in [0.15, 0.2) is 5.82 Å². The molecule has 1 aliphatic carbocycles. The molecule has 2 aromatic heterocycles. The average Bonchev–Trinajstić information content (AvgIpc) is 3.09. The van der Waals surface area contributed by atoms with Crippen LogP contribution in [0.1, 0.15) is 43.2 Å². The fourth-order valence-electron chi connectivity index (χ4n) is 2.89. The number of aromatic nitrogens is 3. The maximum Gasteiger partial charge on any atom is 0.223 e. The summed E-state index contributed by atoms with van der Waals surface area (Å²) in [6.07, 6.45) is 11.2. The maximum absolute atomic E-state index is 12.1. The smallest absolute Gasteiger partial charge is 0.223 e. The van der Waals surface area contributed by atoms with Crippen LogP contribution in [0.25, 0.3) is 5.82 Å². The molecule has 2 N–H and O–H groups in total. The summed E-state index contributed by atoms with van der Waals surface area (Å²) in [5.74, 6) is 1.18. The van der Waals surface area contributed by atoms with E-state index in [-0.39, 0.29) is 11.8 Å². The fourth-order valence-corrected chi connectivity index (χ4v) is 2.89. The molecule has 0 aliphatic heterocycles. The first-order valence-corrected chi connectivity index (χ1v) is 8.41. The highest BCUT2D eigenvalue weighted by atomic mass is 16.2. The molecule has 1 amide bonds. The summed E-state index contributed by atoms with van der Waals surface area (Å²) in [5.41, 5.74) is 2.11. The second-order valence-corrected chi connectivity index (χ2v) is 6.04. The highest BCUT2D eigenvalue weighted by molar-refractivity contribution is 5.78. The van der Waals surface area contributed by atoms with Crippen molar-refractivity contribution in [2.45, 2.75) is 45.6 Å². The molecule has 1 fully saturated rings. The van der Waals surface area contributed by atoms with E-state index in [4.69, 9.17) is 5.11 Å². The summed E-state index contributed by atoms with van der Waals surface area (Å²) in [5, 5.41) is 14.3. The van der Waals surface area contributed by atoms with Gasteiger partial charge in [-0.25, -0.2) is 9.67 Å². The van der Waals surface area contributed by atoms with E-state index < -0.39 is 0 Å². The van der Waals surface area contributed by atoms with Crippen LogP contribution >= 0.6 is 0 Å². The van der Waals surface area contributed by atoms with Crippen LogP contribution in [-0.2, 0) is 11.3 Å². The minimum atomic E-state index is 0.187. The zero-order valence-electron chi connectivity index (χ0n) is 14.4. The van der Waals surface area contributed by atoms with Gasteiger partial charge in [0.25, 0.3) is 0 Å². The number of nitrogens with one attached hydrogen (secondary N) is 1. The Balaban J connectivity index is 0.00000100. The van der Waals surface area contributed by atoms with Gasteiger partial charge in [0.1, 0.15) is 0 Å². The van der Waals surface area contributed by atoms with Gasteiger partial charge in [0.2, 0.25) is 5.91 Å². The van der Waals surface area contributed by atoms with Crippen molar-refractivity contribution in [3.05, 3.63) is 41.9 Å². The standard InChI is InChI=1S/C17H22N4O.CH4O/c1-13-9-20-21(12-13)16-8-7-14(10-18-16)11-19-17(22)15-5-3-2-4-6-15;1-2/h7-10,12,15H,2-6,11H2,1H3,(H,19,22);2H,1H3. The molecule has 6 heteroatoms. The predicted octanol–water partition coefficient (Wildman–Crippen LogP) is 2.38. The molecule has 24 heavy (non-hydrogen) atoms. The van der Waals surface area contributed by atoms with Crippen LogP contribution < -0.4 is 5.32 Å². The van der Waals surface area contributed by atoms with E-state index in [9.17, 15) is 4.79 Å². The first-order chi connectivity index (χ1) is 11.7. The van der Waals surface area contributed by atoms with Gasteiger partial charge < -0.3 is 10.4 Å². The second-order valence-electron chi connectivity index (χ2n) is 6.04. The summed E-state index contributed by atoms with van der Waals surface area (Å²) >= 11 is 0. The van der Waals surface area contributed by atoms with E-state index in [0.29, 0.717) is 6.54 Å². The highest BCUT2D eigenvalue weighted by Gasteiger charge is 2.20. The van der Waals surface area contributed by atoms with E-state index in [0.717, 1.165) is 36.9 Å². The van der Waals surface area contributed by atoms with Crippen molar-refractivity contribution in [3.8, 4) is 5.82 Å². The van der Waals surface area contributed by atoms with Crippen molar-refractivity contribution in [1.82, 2.24) is 20.1 Å². The number of pyridine rings is 1. The van der Waals surface area contributed by atoms with Crippen LogP contribution in [-0.4, -0.2) is 32.9 Å². The van der Waals surface area contributed by atoms with Crippen molar-refractivity contribution < 1.29 is 9.90 Å². The van der Waals surface area contributed by atoms with Crippen molar-refractivity contribution in [3.63, 3.8) is 0 Å². The van der Waals surface area contributed by atoms with Crippen LogP contribution in [0.4, 0.5) is 0 Å². The Morgan fingerprint density at radius 3 is 2.58 bits per heavy atom. The molecule has 2 aromatic rings. The number of aryl methyl sites for hydroxylation is 1. The van der Waals surface area contributed by atoms with Crippen LogP contribution in [0.3, 0.4) is 0 Å². The summed E-state index contributed by atoms with van der Waals surface area (Å²) in [6.45, 7) is 2.54. The Bertz CT molecular complexity index is 631. The van der Waals surface area contributed by atoms with Crippen molar-refractivity contribution in [1.29, 1.82) is 0 Å². The molecule has 0 atom stereocenters. The Labute approximate surface area is 142 Å². The molecule has 2 heterocycles. The Morgan fingerprint density at radius 1 is 1.25 bits per heavy atom. The van der Waals surface area contributed by atoms with Crippen LogP contribution in [0, 0.1) is 12.8 Å². The van der Waals surface area contributed by atoms with Gasteiger partial charge in [0, 0.05) is 32.0 Å². The fraction of sp³-hybridized carbons (Fsp3) is 0.500. The Morgan fingerprint density at radius 2 is 2.00 bits per heavy atom. The third-order valence-electron chi connectivity index (χ3n) is 4.20. The number of hydrogen-bond acceptors (Lipinski definition) is 4. The topological polar surface area (TPSA) is 80.0 Å².